The number of hydrogen-bond donors (Lipinski definition) is 0. The SMILES string of the molecule is CN(Cc1cc(Br)cc2c1OCC2)C(C)(C)CBr. The fraction of sp³-hybridized carbons (Fsp3) is 0.571. The molecule has 0 fully saturated rings. The Morgan fingerprint density at radius 2 is 2.11 bits per heavy atom. The summed E-state index contributed by atoms with van der Waals surface area (Å²) in [5.41, 5.74) is 2.73. The normalized spacial score (nSPS) is 14.8. The first-order valence-corrected chi connectivity index (χ1v) is 8.07. The molecule has 0 radical (unpaired) electrons. The first kappa shape index (κ1) is 14.4. The highest BCUT2D eigenvalue weighted by Crippen LogP contribution is 2.34. The molecule has 4 heteroatoms. The van der Waals surface area contributed by atoms with E-state index in [9.17, 15) is 0 Å². The van der Waals surface area contributed by atoms with Crippen molar-refractivity contribution >= 4 is 31.9 Å². The molecule has 2 rings (SSSR count). The molecule has 0 spiro atoms. The van der Waals surface area contributed by atoms with E-state index >= 15 is 0 Å². The first-order chi connectivity index (χ1) is 8.44. The topological polar surface area (TPSA) is 12.5 Å². The van der Waals surface area contributed by atoms with Crippen molar-refractivity contribution in [3.05, 3.63) is 27.7 Å². The Kier molecular flexibility index (Phi) is 4.40. The molecule has 0 aliphatic carbocycles. The number of rotatable bonds is 4. The summed E-state index contributed by atoms with van der Waals surface area (Å²) in [5, 5.41) is 0.952. The van der Waals surface area contributed by atoms with E-state index in [1.807, 2.05) is 0 Å². The Morgan fingerprint density at radius 3 is 2.78 bits per heavy atom. The Morgan fingerprint density at radius 1 is 1.39 bits per heavy atom. The van der Waals surface area contributed by atoms with Gasteiger partial charge in [-0.25, -0.2) is 0 Å². The Labute approximate surface area is 126 Å². The molecule has 1 aliphatic rings. The summed E-state index contributed by atoms with van der Waals surface area (Å²) in [6.07, 6.45) is 1.02. The van der Waals surface area contributed by atoms with E-state index in [-0.39, 0.29) is 5.54 Å². The second-order valence-corrected chi connectivity index (χ2v) is 6.93. The van der Waals surface area contributed by atoms with Crippen LogP contribution in [-0.2, 0) is 13.0 Å². The highest BCUT2D eigenvalue weighted by molar-refractivity contribution is 9.10. The Balaban J connectivity index is 2.25. The quantitative estimate of drug-likeness (QED) is 0.736. The van der Waals surface area contributed by atoms with Crippen LogP contribution in [0.25, 0.3) is 0 Å². The van der Waals surface area contributed by atoms with E-state index in [0.29, 0.717) is 0 Å². The predicted molar refractivity (Wildman–Crippen MR) is 82.7 cm³/mol. The lowest BCUT2D eigenvalue weighted by molar-refractivity contribution is 0.171. The van der Waals surface area contributed by atoms with Gasteiger partial charge < -0.3 is 4.74 Å². The van der Waals surface area contributed by atoms with E-state index in [0.717, 1.165) is 35.1 Å². The minimum absolute atomic E-state index is 0.133. The molecule has 0 aromatic heterocycles. The van der Waals surface area contributed by atoms with E-state index in [2.05, 4.69) is 69.8 Å². The minimum atomic E-state index is 0.133. The van der Waals surface area contributed by atoms with Crippen molar-refractivity contribution < 1.29 is 4.74 Å². The van der Waals surface area contributed by atoms with Crippen molar-refractivity contribution in [2.75, 3.05) is 19.0 Å². The third kappa shape index (κ3) is 2.91. The standard InChI is InChI=1S/C14H19Br2NO/c1-14(2,9-15)17(3)8-11-7-12(16)6-10-4-5-18-13(10)11/h6-7H,4-5,8-9H2,1-3H3. The predicted octanol–water partition coefficient (Wildman–Crippen LogP) is 3.99. The Bertz CT molecular complexity index is 446. The third-order valence-electron chi connectivity index (χ3n) is 3.59. The van der Waals surface area contributed by atoms with Crippen LogP contribution >= 0.6 is 31.9 Å². The van der Waals surface area contributed by atoms with Crippen molar-refractivity contribution in [2.45, 2.75) is 32.4 Å². The molecular formula is C14H19Br2NO. The van der Waals surface area contributed by atoms with Crippen LogP contribution in [0, 0.1) is 0 Å². The summed E-state index contributed by atoms with van der Waals surface area (Å²) < 4.78 is 6.92. The van der Waals surface area contributed by atoms with Crippen molar-refractivity contribution in [3.63, 3.8) is 0 Å². The van der Waals surface area contributed by atoms with Gasteiger partial charge in [0.2, 0.25) is 0 Å². The number of nitrogens with zero attached hydrogens (tertiary/aromatic N) is 1. The van der Waals surface area contributed by atoms with E-state index in [1.165, 1.54) is 11.1 Å². The third-order valence-corrected chi connectivity index (χ3v) is 5.42. The second kappa shape index (κ2) is 5.51. The molecule has 0 saturated heterocycles. The van der Waals surface area contributed by atoms with Gasteiger partial charge in [0.1, 0.15) is 5.75 Å². The average molecular weight is 377 g/mol. The monoisotopic (exact) mass is 375 g/mol. The van der Waals surface area contributed by atoms with Crippen LogP contribution < -0.4 is 4.74 Å². The summed E-state index contributed by atoms with van der Waals surface area (Å²) in [4.78, 5) is 2.35. The van der Waals surface area contributed by atoms with Gasteiger partial charge in [-0.05, 0) is 38.6 Å². The van der Waals surface area contributed by atoms with E-state index in [1.54, 1.807) is 0 Å². The smallest absolute Gasteiger partial charge is 0.127 e. The second-order valence-electron chi connectivity index (χ2n) is 5.45. The number of halogens is 2. The average Bonchev–Trinajstić information content (AvgIpc) is 2.76. The van der Waals surface area contributed by atoms with Gasteiger partial charge in [-0.3, -0.25) is 4.90 Å². The number of benzene rings is 1. The van der Waals surface area contributed by atoms with Crippen molar-refractivity contribution in [1.82, 2.24) is 4.90 Å². The van der Waals surface area contributed by atoms with E-state index < -0.39 is 0 Å². The summed E-state index contributed by atoms with van der Waals surface area (Å²) in [5.74, 6) is 1.09. The van der Waals surface area contributed by atoms with Crippen LogP contribution in [0.5, 0.6) is 5.75 Å². The van der Waals surface area contributed by atoms with Gasteiger partial charge in [-0.1, -0.05) is 31.9 Å². The largest absolute Gasteiger partial charge is 0.493 e. The zero-order valence-corrected chi connectivity index (χ0v) is 14.3. The zero-order chi connectivity index (χ0) is 13.3. The van der Waals surface area contributed by atoms with E-state index in [4.69, 9.17) is 4.74 Å². The Hall–Kier alpha value is -0.0600. The van der Waals surface area contributed by atoms with Crippen molar-refractivity contribution in [1.29, 1.82) is 0 Å². The van der Waals surface area contributed by atoms with Gasteiger partial charge in [0.25, 0.3) is 0 Å². The van der Waals surface area contributed by atoms with Crippen LogP contribution in [0.3, 0.4) is 0 Å². The lowest BCUT2D eigenvalue weighted by Crippen LogP contribution is -2.42. The van der Waals surface area contributed by atoms with Crippen molar-refractivity contribution in [3.8, 4) is 5.75 Å². The lowest BCUT2D eigenvalue weighted by atomic mass is 10.0. The maximum absolute atomic E-state index is 5.77. The number of ether oxygens (including phenoxy) is 1. The molecule has 0 unspecified atom stereocenters. The lowest BCUT2D eigenvalue weighted by Gasteiger charge is -2.34. The van der Waals surface area contributed by atoms with Crippen LogP contribution in [0.4, 0.5) is 0 Å². The summed E-state index contributed by atoms with van der Waals surface area (Å²) in [6.45, 7) is 6.19. The van der Waals surface area contributed by atoms with Crippen LogP contribution in [0.15, 0.2) is 16.6 Å². The van der Waals surface area contributed by atoms with Crippen LogP contribution in [-0.4, -0.2) is 29.4 Å². The van der Waals surface area contributed by atoms with Crippen molar-refractivity contribution in [2.24, 2.45) is 0 Å². The van der Waals surface area contributed by atoms with Gasteiger partial charge >= 0.3 is 0 Å². The number of fused-ring (bicyclic) bond motifs is 1. The number of hydrogen-bond acceptors (Lipinski definition) is 2. The molecule has 1 aliphatic heterocycles. The van der Waals surface area contributed by atoms with Crippen LogP contribution in [0.2, 0.25) is 0 Å². The van der Waals surface area contributed by atoms with Gasteiger partial charge in [0.15, 0.2) is 0 Å². The minimum Gasteiger partial charge on any atom is -0.493 e. The highest BCUT2D eigenvalue weighted by Gasteiger charge is 2.25. The van der Waals surface area contributed by atoms with Gasteiger partial charge in [0, 0.05) is 33.9 Å². The molecule has 0 bridgehead atoms. The van der Waals surface area contributed by atoms with Gasteiger partial charge in [-0.2, -0.15) is 0 Å². The molecule has 100 valence electrons. The molecule has 0 atom stereocenters. The summed E-state index contributed by atoms with van der Waals surface area (Å²) in [6, 6.07) is 4.34. The fourth-order valence-electron chi connectivity index (χ4n) is 2.04. The maximum Gasteiger partial charge on any atom is 0.127 e. The molecule has 2 nitrogen and oxygen atoms in total. The van der Waals surface area contributed by atoms with Crippen LogP contribution in [0.1, 0.15) is 25.0 Å². The molecular weight excluding hydrogens is 358 g/mol. The zero-order valence-electron chi connectivity index (χ0n) is 11.1. The molecule has 1 aromatic carbocycles. The molecule has 1 heterocycles. The molecule has 0 amide bonds. The summed E-state index contributed by atoms with van der Waals surface area (Å²) >= 11 is 7.17. The molecule has 0 saturated carbocycles. The highest BCUT2D eigenvalue weighted by atomic mass is 79.9. The number of alkyl halides is 1. The first-order valence-electron chi connectivity index (χ1n) is 6.15. The summed E-state index contributed by atoms with van der Waals surface area (Å²) in [7, 11) is 2.16. The molecule has 0 N–H and O–H groups in total. The fourth-order valence-corrected chi connectivity index (χ4v) is 3.02. The maximum atomic E-state index is 5.77. The molecule has 18 heavy (non-hydrogen) atoms. The van der Waals surface area contributed by atoms with Gasteiger partial charge in [0.05, 0.1) is 6.61 Å². The molecule has 1 aromatic rings. The van der Waals surface area contributed by atoms with Gasteiger partial charge in [-0.15, -0.1) is 0 Å².